The summed E-state index contributed by atoms with van der Waals surface area (Å²) >= 11 is 11.8. The summed E-state index contributed by atoms with van der Waals surface area (Å²) in [6, 6.07) is 13.6. The van der Waals surface area contributed by atoms with Crippen LogP contribution >= 0.6 is 23.2 Å². The van der Waals surface area contributed by atoms with E-state index in [2.05, 4.69) is 10.6 Å². The summed E-state index contributed by atoms with van der Waals surface area (Å²) in [5.41, 5.74) is 0. The number of rotatable bonds is 9. The molecule has 0 aliphatic carbocycles. The van der Waals surface area contributed by atoms with Crippen LogP contribution in [0.3, 0.4) is 0 Å². The Kier molecular flexibility index (Phi) is 8.42. The predicted octanol–water partition coefficient (Wildman–Crippen LogP) is 3.46. The monoisotopic (exact) mass is 424 g/mol. The van der Waals surface area contributed by atoms with E-state index in [1.165, 1.54) is 0 Å². The van der Waals surface area contributed by atoms with Gasteiger partial charge in [-0.3, -0.25) is 9.59 Å². The van der Waals surface area contributed by atoms with Gasteiger partial charge in [0.25, 0.3) is 11.8 Å². The Morgan fingerprint density at radius 1 is 0.821 bits per heavy atom. The third kappa shape index (κ3) is 7.29. The molecule has 2 aromatic carbocycles. The van der Waals surface area contributed by atoms with Crippen LogP contribution < -0.4 is 20.1 Å². The number of carbonyl (C=O) groups excluding carboxylic acids is 2. The average molecular weight is 425 g/mol. The molecule has 0 heterocycles. The lowest BCUT2D eigenvalue weighted by molar-refractivity contribution is -0.129. The molecule has 2 atom stereocenters. The number of halogens is 2. The quantitative estimate of drug-likeness (QED) is 0.604. The summed E-state index contributed by atoms with van der Waals surface area (Å²) in [6.45, 7) is 3.79. The normalized spacial score (nSPS) is 12.6. The van der Waals surface area contributed by atoms with Crippen molar-refractivity contribution in [2.75, 3.05) is 13.1 Å². The Labute approximate surface area is 174 Å². The lowest BCUT2D eigenvalue weighted by Gasteiger charge is -2.16. The Morgan fingerprint density at radius 2 is 1.21 bits per heavy atom. The molecule has 0 fully saturated rings. The van der Waals surface area contributed by atoms with Gasteiger partial charge in [-0.25, -0.2) is 0 Å². The SMILES string of the molecule is C[C@@H](Oc1cccc(Cl)c1)C(=O)NCCNC(=O)[C@@H](C)Oc1cccc(Cl)c1. The summed E-state index contributed by atoms with van der Waals surface area (Å²) < 4.78 is 11.1. The van der Waals surface area contributed by atoms with Crippen LogP contribution in [0.5, 0.6) is 11.5 Å². The number of hydrogen-bond acceptors (Lipinski definition) is 4. The van der Waals surface area contributed by atoms with E-state index in [9.17, 15) is 9.59 Å². The van der Waals surface area contributed by atoms with Gasteiger partial charge in [0.1, 0.15) is 11.5 Å². The van der Waals surface area contributed by atoms with E-state index in [1.54, 1.807) is 62.4 Å². The standard InChI is InChI=1S/C20H22Cl2N2O4/c1-13(27-17-7-3-5-15(21)11-17)19(25)23-9-10-24-20(26)14(2)28-18-8-4-6-16(22)12-18/h3-8,11-14H,9-10H2,1-2H3,(H,23,25)(H,24,26)/t13-,14-/m1/s1. The minimum atomic E-state index is -0.695. The average Bonchev–Trinajstić information content (AvgIpc) is 2.64. The van der Waals surface area contributed by atoms with E-state index in [-0.39, 0.29) is 24.9 Å². The smallest absolute Gasteiger partial charge is 0.260 e. The molecule has 28 heavy (non-hydrogen) atoms. The molecule has 2 N–H and O–H groups in total. The fraction of sp³-hybridized carbons (Fsp3) is 0.300. The van der Waals surface area contributed by atoms with Gasteiger partial charge in [-0.05, 0) is 50.2 Å². The molecule has 150 valence electrons. The molecule has 0 aliphatic rings. The fourth-order valence-corrected chi connectivity index (χ4v) is 2.62. The number of hydrogen-bond donors (Lipinski definition) is 2. The minimum absolute atomic E-state index is 0.262. The van der Waals surface area contributed by atoms with Gasteiger partial charge in [-0.2, -0.15) is 0 Å². The molecule has 0 aliphatic heterocycles. The van der Waals surface area contributed by atoms with Crippen molar-refractivity contribution in [2.24, 2.45) is 0 Å². The zero-order valence-electron chi connectivity index (χ0n) is 15.6. The van der Waals surface area contributed by atoms with Crippen molar-refractivity contribution < 1.29 is 19.1 Å². The molecule has 0 unspecified atom stereocenters. The maximum atomic E-state index is 12.1. The first-order valence-electron chi connectivity index (χ1n) is 8.75. The summed E-state index contributed by atoms with van der Waals surface area (Å²) in [6.07, 6.45) is -1.39. The lowest BCUT2D eigenvalue weighted by Crippen LogP contribution is -2.43. The molecule has 0 bridgehead atoms. The fourth-order valence-electron chi connectivity index (χ4n) is 2.25. The van der Waals surface area contributed by atoms with Crippen LogP contribution in [0.1, 0.15) is 13.8 Å². The second kappa shape index (κ2) is 10.8. The molecule has 8 heteroatoms. The zero-order chi connectivity index (χ0) is 20.5. The van der Waals surface area contributed by atoms with Crippen LogP contribution in [-0.4, -0.2) is 37.1 Å². The second-order valence-electron chi connectivity index (χ2n) is 6.02. The molecular formula is C20H22Cl2N2O4. The Hall–Kier alpha value is -2.44. The molecule has 0 saturated carbocycles. The first kappa shape index (κ1) is 21.9. The van der Waals surface area contributed by atoms with Crippen LogP contribution in [-0.2, 0) is 9.59 Å². The molecule has 0 aromatic heterocycles. The molecule has 0 saturated heterocycles. The highest BCUT2D eigenvalue weighted by Crippen LogP contribution is 2.19. The predicted molar refractivity (Wildman–Crippen MR) is 109 cm³/mol. The molecule has 2 aromatic rings. The van der Waals surface area contributed by atoms with Crippen molar-refractivity contribution in [3.8, 4) is 11.5 Å². The highest BCUT2D eigenvalue weighted by atomic mass is 35.5. The van der Waals surface area contributed by atoms with Crippen LogP contribution in [0.15, 0.2) is 48.5 Å². The molecule has 2 rings (SSSR count). The van der Waals surface area contributed by atoms with Gasteiger partial charge in [0.15, 0.2) is 12.2 Å². The first-order chi connectivity index (χ1) is 13.3. The third-order valence-corrected chi connectivity index (χ3v) is 4.15. The summed E-state index contributed by atoms with van der Waals surface area (Å²) in [4.78, 5) is 24.1. The van der Waals surface area contributed by atoms with Gasteiger partial charge in [0.2, 0.25) is 0 Å². The Morgan fingerprint density at radius 3 is 1.57 bits per heavy atom. The molecule has 0 radical (unpaired) electrons. The maximum absolute atomic E-state index is 12.1. The van der Waals surface area contributed by atoms with E-state index in [4.69, 9.17) is 32.7 Å². The van der Waals surface area contributed by atoms with Crippen LogP contribution in [0, 0.1) is 0 Å². The second-order valence-corrected chi connectivity index (χ2v) is 6.89. The van der Waals surface area contributed by atoms with Gasteiger partial charge in [0.05, 0.1) is 0 Å². The Balaban J connectivity index is 1.68. The molecular weight excluding hydrogens is 403 g/mol. The summed E-state index contributed by atoms with van der Waals surface area (Å²) in [7, 11) is 0. The maximum Gasteiger partial charge on any atom is 0.260 e. The van der Waals surface area contributed by atoms with Crippen LogP contribution in [0.25, 0.3) is 0 Å². The first-order valence-corrected chi connectivity index (χ1v) is 9.50. The van der Waals surface area contributed by atoms with Crippen molar-refractivity contribution in [3.05, 3.63) is 58.6 Å². The highest BCUT2D eigenvalue weighted by Gasteiger charge is 2.16. The molecule has 6 nitrogen and oxygen atoms in total. The van der Waals surface area contributed by atoms with Gasteiger partial charge in [-0.15, -0.1) is 0 Å². The van der Waals surface area contributed by atoms with Crippen molar-refractivity contribution >= 4 is 35.0 Å². The summed E-state index contributed by atoms with van der Waals surface area (Å²) in [5, 5.41) is 6.46. The largest absolute Gasteiger partial charge is 0.481 e. The van der Waals surface area contributed by atoms with Crippen molar-refractivity contribution in [1.82, 2.24) is 10.6 Å². The number of nitrogens with one attached hydrogen (secondary N) is 2. The van der Waals surface area contributed by atoms with Crippen LogP contribution in [0.2, 0.25) is 10.0 Å². The van der Waals surface area contributed by atoms with E-state index in [0.29, 0.717) is 21.5 Å². The van der Waals surface area contributed by atoms with Crippen molar-refractivity contribution in [2.45, 2.75) is 26.1 Å². The van der Waals surface area contributed by atoms with Gasteiger partial charge < -0.3 is 20.1 Å². The zero-order valence-corrected chi connectivity index (χ0v) is 17.1. The van der Waals surface area contributed by atoms with E-state index >= 15 is 0 Å². The summed E-state index contributed by atoms with van der Waals surface area (Å²) in [5.74, 6) is 0.431. The topological polar surface area (TPSA) is 76.7 Å². The van der Waals surface area contributed by atoms with Gasteiger partial charge >= 0.3 is 0 Å². The number of benzene rings is 2. The number of carbonyl (C=O) groups is 2. The molecule has 0 spiro atoms. The van der Waals surface area contributed by atoms with Gasteiger partial charge in [0, 0.05) is 23.1 Å². The molecule has 2 amide bonds. The lowest BCUT2D eigenvalue weighted by atomic mass is 10.3. The van der Waals surface area contributed by atoms with E-state index in [0.717, 1.165) is 0 Å². The third-order valence-electron chi connectivity index (χ3n) is 3.68. The number of ether oxygens (including phenoxy) is 2. The van der Waals surface area contributed by atoms with Gasteiger partial charge in [-0.1, -0.05) is 35.3 Å². The van der Waals surface area contributed by atoms with Crippen molar-refractivity contribution in [3.63, 3.8) is 0 Å². The highest BCUT2D eigenvalue weighted by molar-refractivity contribution is 6.31. The van der Waals surface area contributed by atoms with Crippen molar-refractivity contribution in [1.29, 1.82) is 0 Å². The number of amides is 2. The Bertz CT molecular complexity index is 749. The van der Waals surface area contributed by atoms with E-state index in [1.807, 2.05) is 0 Å². The van der Waals surface area contributed by atoms with E-state index < -0.39 is 12.2 Å². The van der Waals surface area contributed by atoms with Crippen LogP contribution in [0.4, 0.5) is 0 Å². The minimum Gasteiger partial charge on any atom is -0.481 e.